The number of nitrogens with zero attached hydrogens (tertiary/aromatic N) is 1. The number of hydrogen-bond acceptors (Lipinski definition) is 1. The molecule has 1 saturated heterocycles. The van der Waals surface area contributed by atoms with E-state index in [0.717, 1.165) is 5.56 Å². The van der Waals surface area contributed by atoms with Crippen LogP contribution in [0.1, 0.15) is 18.5 Å². The van der Waals surface area contributed by atoms with Crippen molar-refractivity contribution in [3.8, 4) is 0 Å². The average molecular weight is 215 g/mol. The molecule has 0 radical (unpaired) electrons. The van der Waals surface area contributed by atoms with Gasteiger partial charge in [0.2, 0.25) is 0 Å². The average Bonchev–Trinajstić information content (AvgIpc) is 2.97. The minimum Gasteiger partial charge on any atom is -0.282 e. The van der Waals surface area contributed by atoms with Gasteiger partial charge < -0.3 is 0 Å². The highest BCUT2D eigenvalue weighted by molar-refractivity contribution is 5.20. The highest BCUT2D eigenvalue weighted by Gasteiger charge is 2.55. The van der Waals surface area contributed by atoms with Crippen molar-refractivity contribution in [3.05, 3.63) is 35.9 Å². The SMILES string of the molecule is C[C@@H](c1ccccc1)N1C[C@@H]1C(F)(F)F. The third-order valence-electron chi connectivity index (χ3n) is 2.81. The van der Waals surface area contributed by atoms with Crippen LogP contribution in [-0.2, 0) is 0 Å². The van der Waals surface area contributed by atoms with E-state index in [2.05, 4.69) is 0 Å². The minimum absolute atomic E-state index is 0.125. The molecule has 0 aliphatic carbocycles. The lowest BCUT2D eigenvalue weighted by molar-refractivity contribution is -0.138. The largest absolute Gasteiger partial charge is 0.405 e. The maximum atomic E-state index is 12.3. The molecule has 82 valence electrons. The van der Waals surface area contributed by atoms with Crippen molar-refractivity contribution < 1.29 is 13.2 Å². The second kappa shape index (κ2) is 3.52. The number of alkyl halides is 3. The van der Waals surface area contributed by atoms with Gasteiger partial charge in [-0.15, -0.1) is 0 Å². The zero-order valence-electron chi connectivity index (χ0n) is 8.33. The van der Waals surface area contributed by atoms with E-state index in [-0.39, 0.29) is 12.6 Å². The van der Waals surface area contributed by atoms with Gasteiger partial charge in [-0.3, -0.25) is 4.90 Å². The van der Waals surface area contributed by atoms with Gasteiger partial charge in [0.05, 0.1) is 0 Å². The first-order valence-corrected chi connectivity index (χ1v) is 4.87. The molecule has 1 aliphatic heterocycles. The molecule has 0 aromatic heterocycles. The molecule has 1 fully saturated rings. The molecule has 1 unspecified atom stereocenters. The third-order valence-corrected chi connectivity index (χ3v) is 2.81. The molecule has 0 amide bonds. The summed E-state index contributed by atoms with van der Waals surface area (Å²) in [6.45, 7) is 1.93. The van der Waals surface area contributed by atoms with Crippen molar-refractivity contribution in [3.63, 3.8) is 0 Å². The van der Waals surface area contributed by atoms with Crippen LogP contribution in [0.5, 0.6) is 0 Å². The fraction of sp³-hybridized carbons (Fsp3) is 0.455. The fourth-order valence-electron chi connectivity index (χ4n) is 1.80. The van der Waals surface area contributed by atoms with E-state index in [1.54, 1.807) is 6.92 Å². The first-order chi connectivity index (χ1) is 7.00. The Hall–Kier alpha value is -1.03. The Morgan fingerprint density at radius 1 is 1.27 bits per heavy atom. The molecule has 0 N–H and O–H groups in total. The summed E-state index contributed by atoms with van der Waals surface area (Å²) in [7, 11) is 0. The first kappa shape index (κ1) is 10.5. The fourth-order valence-corrected chi connectivity index (χ4v) is 1.80. The zero-order chi connectivity index (χ0) is 11.1. The van der Waals surface area contributed by atoms with Crippen LogP contribution in [0, 0.1) is 0 Å². The third kappa shape index (κ3) is 2.15. The summed E-state index contributed by atoms with van der Waals surface area (Å²) in [5.74, 6) is 0. The molecule has 15 heavy (non-hydrogen) atoms. The van der Waals surface area contributed by atoms with Crippen LogP contribution in [0.2, 0.25) is 0 Å². The van der Waals surface area contributed by atoms with Crippen LogP contribution in [-0.4, -0.2) is 23.7 Å². The van der Waals surface area contributed by atoms with Gasteiger partial charge in [0.25, 0.3) is 0 Å². The Kier molecular flexibility index (Phi) is 2.46. The van der Waals surface area contributed by atoms with Crippen LogP contribution >= 0.6 is 0 Å². The Labute approximate surface area is 86.5 Å². The molecule has 0 saturated carbocycles. The van der Waals surface area contributed by atoms with E-state index in [1.807, 2.05) is 30.3 Å². The second-order valence-electron chi connectivity index (χ2n) is 3.84. The lowest BCUT2D eigenvalue weighted by Gasteiger charge is -2.15. The molecule has 1 heterocycles. The van der Waals surface area contributed by atoms with E-state index < -0.39 is 12.2 Å². The summed E-state index contributed by atoms with van der Waals surface area (Å²) in [5, 5.41) is 0. The summed E-state index contributed by atoms with van der Waals surface area (Å²) in [6, 6.07) is 7.87. The summed E-state index contributed by atoms with van der Waals surface area (Å²) in [4.78, 5) is 1.45. The number of halogens is 3. The Morgan fingerprint density at radius 3 is 2.33 bits per heavy atom. The minimum atomic E-state index is -4.08. The second-order valence-corrected chi connectivity index (χ2v) is 3.84. The molecule has 2 rings (SSSR count). The molecule has 1 aromatic rings. The van der Waals surface area contributed by atoms with E-state index in [9.17, 15) is 13.2 Å². The van der Waals surface area contributed by atoms with Crippen molar-refractivity contribution >= 4 is 0 Å². The summed E-state index contributed by atoms with van der Waals surface area (Å²) in [5.41, 5.74) is 0.934. The predicted molar refractivity (Wildman–Crippen MR) is 51.4 cm³/mol. The van der Waals surface area contributed by atoms with Crippen LogP contribution in [0.4, 0.5) is 13.2 Å². The van der Waals surface area contributed by atoms with Gasteiger partial charge in [-0.1, -0.05) is 30.3 Å². The monoisotopic (exact) mass is 215 g/mol. The van der Waals surface area contributed by atoms with Crippen LogP contribution in [0.25, 0.3) is 0 Å². The molecule has 0 spiro atoms. The predicted octanol–water partition coefficient (Wildman–Crippen LogP) is 2.99. The number of hydrogen-bond donors (Lipinski definition) is 0. The molecule has 1 aromatic carbocycles. The van der Waals surface area contributed by atoms with Crippen molar-refractivity contribution in [2.75, 3.05) is 6.54 Å². The highest BCUT2D eigenvalue weighted by atomic mass is 19.4. The summed E-state index contributed by atoms with van der Waals surface area (Å²) < 4.78 is 37.0. The van der Waals surface area contributed by atoms with Gasteiger partial charge in [-0.25, -0.2) is 0 Å². The van der Waals surface area contributed by atoms with Crippen molar-refractivity contribution in [2.24, 2.45) is 0 Å². The molecule has 0 bridgehead atoms. The topological polar surface area (TPSA) is 3.01 Å². The Bertz CT molecular complexity index is 333. The quantitative estimate of drug-likeness (QED) is 0.685. The van der Waals surface area contributed by atoms with Gasteiger partial charge >= 0.3 is 6.18 Å². The maximum Gasteiger partial charge on any atom is 0.405 e. The number of rotatable bonds is 2. The van der Waals surface area contributed by atoms with Gasteiger partial charge in [-0.2, -0.15) is 13.2 Å². The van der Waals surface area contributed by atoms with E-state index in [4.69, 9.17) is 0 Å². The first-order valence-electron chi connectivity index (χ1n) is 4.87. The summed E-state index contributed by atoms with van der Waals surface area (Å²) >= 11 is 0. The maximum absolute atomic E-state index is 12.3. The Morgan fingerprint density at radius 2 is 1.87 bits per heavy atom. The van der Waals surface area contributed by atoms with Crippen LogP contribution in [0.15, 0.2) is 30.3 Å². The van der Waals surface area contributed by atoms with Crippen molar-refractivity contribution in [2.45, 2.75) is 25.2 Å². The highest BCUT2D eigenvalue weighted by Crippen LogP contribution is 2.40. The zero-order valence-corrected chi connectivity index (χ0v) is 8.33. The van der Waals surface area contributed by atoms with Crippen LogP contribution in [0.3, 0.4) is 0 Å². The molecule has 1 nitrogen and oxygen atoms in total. The molecule has 1 aliphatic rings. The lowest BCUT2D eigenvalue weighted by Crippen LogP contribution is -2.22. The van der Waals surface area contributed by atoms with Crippen molar-refractivity contribution in [1.29, 1.82) is 0 Å². The molecule has 3 atom stereocenters. The van der Waals surface area contributed by atoms with E-state index in [1.165, 1.54) is 4.90 Å². The van der Waals surface area contributed by atoms with Gasteiger partial charge in [0, 0.05) is 12.6 Å². The van der Waals surface area contributed by atoms with Gasteiger partial charge in [-0.05, 0) is 12.5 Å². The Balaban J connectivity index is 2.04. The number of benzene rings is 1. The normalized spacial score (nSPS) is 27.5. The van der Waals surface area contributed by atoms with Gasteiger partial charge in [0.1, 0.15) is 6.04 Å². The smallest absolute Gasteiger partial charge is 0.282 e. The van der Waals surface area contributed by atoms with E-state index in [0.29, 0.717) is 0 Å². The van der Waals surface area contributed by atoms with Gasteiger partial charge in [0.15, 0.2) is 0 Å². The summed E-state index contributed by atoms with van der Waals surface area (Å²) in [6.07, 6.45) is -4.08. The van der Waals surface area contributed by atoms with Crippen LogP contribution < -0.4 is 0 Å². The van der Waals surface area contributed by atoms with E-state index >= 15 is 0 Å². The molecular weight excluding hydrogens is 203 g/mol. The standard InChI is InChI=1S/C11H12F3N/c1-8(9-5-3-2-4-6-9)15-7-10(15)11(12,13)14/h2-6,8,10H,7H2,1H3/t8-,10+,15?/m0/s1. The molecular formula is C11H12F3N. The van der Waals surface area contributed by atoms with Crippen molar-refractivity contribution in [1.82, 2.24) is 4.90 Å². The molecule has 4 heteroatoms. The lowest BCUT2D eigenvalue weighted by atomic mass is 10.1.